The van der Waals surface area contributed by atoms with Crippen LogP contribution in [0.4, 0.5) is 4.79 Å². The topological polar surface area (TPSA) is 78.1 Å². The number of rotatable bonds is 3. The van der Waals surface area contributed by atoms with Gasteiger partial charge in [-0.15, -0.1) is 0 Å². The highest BCUT2D eigenvalue weighted by Gasteiger charge is 2.14. The Balaban J connectivity index is 2.83. The van der Waals surface area contributed by atoms with Gasteiger partial charge < -0.3 is 10.5 Å². The first kappa shape index (κ1) is 10.7. The summed E-state index contributed by atoms with van der Waals surface area (Å²) >= 11 is 5.64. The van der Waals surface area contributed by atoms with Crippen molar-refractivity contribution in [1.82, 2.24) is 9.97 Å². The lowest BCUT2D eigenvalue weighted by molar-refractivity contribution is 0.101. The number of carbonyl (C=O) groups excluding carboxylic acids is 1. The number of carbonyl (C=O) groups is 1. The molecule has 1 heterocycles. The second kappa shape index (κ2) is 4.76. The van der Waals surface area contributed by atoms with Gasteiger partial charge in [0.1, 0.15) is 17.0 Å². The Kier molecular flexibility index (Phi) is 3.64. The molecule has 0 aliphatic rings. The molecule has 0 radical (unpaired) electrons. The van der Waals surface area contributed by atoms with E-state index in [2.05, 4.69) is 9.97 Å². The van der Waals surface area contributed by atoms with Crippen molar-refractivity contribution in [2.24, 2.45) is 5.73 Å². The number of nitrogens with zero attached hydrogens (tertiary/aromatic N) is 2. The third-order valence-corrected chi connectivity index (χ3v) is 1.76. The van der Waals surface area contributed by atoms with Gasteiger partial charge in [0, 0.05) is 0 Å². The monoisotopic (exact) mass is 215 g/mol. The van der Waals surface area contributed by atoms with Crippen LogP contribution < -0.4 is 5.73 Å². The van der Waals surface area contributed by atoms with Crippen LogP contribution in [0.25, 0.3) is 0 Å². The van der Waals surface area contributed by atoms with Gasteiger partial charge in [0.15, 0.2) is 0 Å². The zero-order valence-electron chi connectivity index (χ0n) is 7.61. The van der Waals surface area contributed by atoms with E-state index in [4.69, 9.17) is 22.1 Å². The van der Waals surface area contributed by atoms with Crippen LogP contribution in [0.3, 0.4) is 0 Å². The average molecular weight is 216 g/mol. The molecule has 0 aliphatic heterocycles. The molecule has 0 bridgehead atoms. The number of primary amides is 1. The van der Waals surface area contributed by atoms with Crippen LogP contribution in [0, 0.1) is 0 Å². The van der Waals surface area contributed by atoms with E-state index in [1.165, 1.54) is 12.4 Å². The molecule has 1 atom stereocenters. The molecule has 1 amide bonds. The summed E-state index contributed by atoms with van der Waals surface area (Å²) in [5, 5.41) is 0.258. The Bertz CT molecular complexity index is 332. The second-order valence-electron chi connectivity index (χ2n) is 2.60. The summed E-state index contributed by atoms with van der Waals surface area (Å²) in [5.41, 5.74) is 5.40. The number of halogens is 1. The summed E-state index contributed by atoms with van der Waals surface area (Å²) in [5.74, 6) is 0. The molecule has 0 saturated carbocycles. The summed E-state index contributed by atoms with van der Waals surface area (Å²) in [7, 11) is 0. The van der Waals surface area contributed by atoms with Crippen LogP contribution in [0.2, 0.25) is 5.15 Å². The molecule has 0 saturated heterocycles. The number of ether oxygens (including phenoxy) is 1. The fraction of sp³-hybridized carbons (Fsp3) is 0.375. The molecule has 1 rings (SSSR count). The second-order valence-corrected chi connectivity index (χ2v) is 2.99. The SMILES string of the molecule is CCC(OC(N)=O)c1cncc(Cl)n1. The van der Waals surface area contributed by atoms with E-state index in [0.29, 0.717) is 12.1 Å². The molecule has 1 aromatic heterocycles. The molecule has 1 unspecified atom stereocenters. The van der Waals surface area contributed by atoms with Crippen molar-refractivity contribution >= 4 is 17.7 Å². The predicted molar refractivity (Wildman–Crippen MR) is 50.7 cm³/mol. The lowest BCUT2D eigenvalue weighted by atomic mass is 10.2. The summed E-state index contributed by atoms with van der Waals surface area (Å²) in [6.07, 6.45) is 2.14. The van der Waals surface area contributed by atoms with Gasteiger partial charge in [0.05, 0.1) is 12.4 Å². The first-order valence-electron chi connectivity index (χ1n) is 4.07. The smallest absolute Gasteiger partial charge is 0.405 e. The van der Waals surface area contributed by atoms with Gasteiger partial charge in [-0.1, -0.05) is 18.5 Å². The van der Waals surface area contributed by atoms with E-state index in [1.807, 2.05) is 6.92 Å². The number of aromatic nitrogens is 2. The molecule has 1 aromatic rings. The van der Waals surface area contributed by atoms with Gasteiger partial charge in [0.2, 0.25) is 0 Å². The molecular weight excluding hydrogens is 206 g/mol. The molecule has 0 fully saturated rings. The number of hydrogen-bond donors (Lipinski definition) is 1. The van der Waals surface area contributed by atoms with E-state index in [1.54, 1.807) is 0 Å². The van der Waals surface area contributed by atoms with Crippen molar-refractivity contribution in [3.63, 3.8) is 0 Å². The minimum atomic E-state index is -0.835. The lowest BCUT2D eigenvalue weighted by Crippen LogP contribution is -2.17. The van der Waals surface area contributed by atoms with Crippen LogP contribution in [-0.4, -0.2) is 16.1 Å². The van der Waals surface area contributed by atoms with E-state index < -0.39 is 12.2 Å². The van der Waals surface area contributed by atoms with E-state index in [9.17, 15) is 4.79 Å². The Hall–Kier alpha value is -1.36. The maximum atomic E-state index is 10.5. The standard InChI is InChI=1S/C8H10ClN3O2/c1-2-6(14-8(10)13)5-3-11-4-7(9)12-5/h3-4,6H,2H2,1H3,(H2,10,13). The Morgan fingerprint density at radius 3 is 2.93 bits per heavy atom. The molecule has 76 valence electrons. The van der Waals surface area contributed by atoms with Gasteiger partial charge >= 0.3 is 6.09 Å². The number of hydrogen-bond acceptors (Lipinski definition) is 4. The van der Waals surface area contributed by atoms with Crippen LogP contribution in [-0.2, 0) is 4.74 Å². The van der Waals surface area contributed by atoms with Crippen molar-refractivity contribution < 1.29 is 9.53 Å². The first-order chi connectivity index (χ1) is 6.63. The highest BCUT2D eigenvalue weighted by atomic mass is 35.5. The zero-order valence-corrected chi connectivity index (χ0v) is 8.36. The highest BCUT2D eigenvalue weighted by molar-refractivity contribution is 6.29. The van der Waals surface area contributed by atoms with Crippen LogP contribution >= 0.6 is 11.6 Å². The van der Waals surface area contributed by atoms with Crippen molar-refractivity contribution in [3.05, 3.63) is 23.2 Å². The minimum Gasteiger partial charge on any atom is -0.440 e. The Morgan fingerprint density at radius 1 is 1.71 bits per heavy atom. The van der Waals surface area contributed by atoms with E-state index in [0.717, 1.165) is 0 Å². The fourth-order valence-corrected chi connectivity index (χ4v) is 1.16. The number of nitrogens with two attached hydrogens (primary N) is 1. The van der Waals surface area contributed by atoms with Gasteiger partial charge in [-0.3, -0.25) is 4.98 Å². The maximum Gasteiger partial charge on any atom is 0.405 e. The molecule has 0 spiro atoms. The molecule has 2 N–H and O–H groups in total. The van der Waals surface area contributed by atoms with Gasteiger partial charge in [-0.2, -0.15) is 0 Å². The van der Waals surface area contributed by atoms with Gasteiger partial charge in [-0.25, -0.2) is 9.78 Å². The molecule has 0 aliphatic carbocycles. The summed E-state index contributed by atoms with van der Waals surface area (Å²) in [4.78, 5) is 18.3. The molecule has 0 aromatic carbocycles. The number of amides is 1. The van der Waals surface area contributed by atoms with Crippen molar-refractivity contribution in [3.8, 4) is 0 Å². The highest BCUT2D eigenvalue weighted by Crippen LogP contribution is 2.19. The zero-order chi connectivity index (χ0) is 10.6. The lowest BCUT2D eigenvalue weighted by Gasteiger charge is -2.13. The van der Waals surface area contributed by atoms with Crippen molar-refractivity contribution in [2.75, 3.05) is 0 Å². The average Bonchev–Trinajstić information content (AvgIpc) is 2.14. The largest absolute Gasteiger partial charge is 0.440 e. The third kappa shape index (κ3) is 2.85. The fourth-order valence-electron chi connectivity index (χ4n) is 1.00. The summed E-state index contributed by atoms with van der Waals surface area (Å²) in [6.45, 7) is 1.84. The van der Waals surface area contributed by atoms with Crippen LogP contribution in [0.5, 0.6) is 0 Å². The van der Waals surface area contributed by atoms with Crippen LogP contribution in [0.1, 0.15) is 25.1 Å². The predicted octanol–water partition coefficient (Wildman–Crippen LogP) is 1.68. The quantitative estimate of drug-likeness (QED) is 0.832. The Morgan fingerprint density at radius 2 is 2.43 bits per heavy atom. The summed E-state index contributed by atoms with van der Waals surface area (Å²) in [6, 6.07) is 0. The first-order valence-corrected chi connectivity index (χ1v) is 4.44. The van der Waals surface area contributed by atoms with Crippen molar-refractivity contribution in [2.45, 2.75) is 19.4 Å². The molecule has 6 heteroatoms. The molecule has 14 heavy (non-hydrogen) atoms. The normalized spacial score (nSPS) is 12.1. The van der Waals surface area contributed by atoms with Crippen molar-refractivity contribution in [1.29, 1.82) is 0 Å². The van der Waals surface area contributed by atoms with E-state index >= 15 is 0 Å². The van der Waals surface area contributed by atoms with E-state index in [-0.39, 0.29) is 5.15 Å². The molecule has 5 nitrogen and oxygen atoms in total. The summed E-state index contributed by atoms with van der Waals surface area (Å²) < 4.78 is 4.82. The van der Waals surface area contributed by atoms with Gasteiger partial charge in [-0.05, 0) is 6.42 Å². The van der Waals surface area contributed by atoms with Crippen LogP contribution in [0.15, 0.2) is 12.4 Å². The molecular formula is C8H10ClN3O2. The van der Waals surface area contributed by atoms with Gasteiger partial charge in [0.25, 0.3) is 0 Å². The maximum absolute atomic E-state index is 10.5. The Labute approximate surface area is 86.2 Å². The third-order valence-electron chi connectivity index (χ3n) is 1.58. The minimum absolute atomic E-state index is 0.258.